The number of carbonyl (C=O) groups excluding carboxylic acids is 1. The Kier molecular flexibility index (Phi) is 3.73. The van der Waals surface area contributed by atoms with Crippen molar-refractivity contribution in [2.45, 2.75) is 0 Å². The smallest absolute Gasteiger partial charge is 0.293 e. The highest BCUT2D eigenvalue weighted by atomic mass is 17.2. The average molecular weight is 178 g/mol. The topological polar surface area (TPSA) is 35.5 Å². The van der Waals surface area contributed by atoms with Crippen LogP contribution in [0.3, 0.4) is 0 Å². The van der Waals surface area contributed by atoms with Gasteiger partial charge in [-0.15, -0.1) is 6.58 Å². The molecule has 0 N–H and O–H groups in total. The highest BCUT2D eigenvalue weighted by Gasteiger charge is 2.05. The lowest BCUT2D eigenvalue weighted by atomic mass is 10.2. The third-order valence-electron chi connectivity index (χ3n) is 1.33. The molecule has 0 saturated heterocycles. The fraction of sp³-hybridized carbons (Fsp3) is 0.100. The van der Waals surface area contributed by atoms with Gasteiger partial charge in [0, 0.05) is 0 Å². The Morgan fingerprint density at radius 3 is 2.69 bits per heavy atom. The quantitative estimate of drug-likeness (QED) is 0.306. The first-order valence-corrected chi connectivity index (χ1v) is 3.84. The summed E-state index contributed by atoms with van der Waals surface area (Å²) in [6, 6.07) is 8.63. The minimum Gasteiger partial charge on any atom is -0.293 e. The van der Waals surface area contributed by atoms with Gasteiger partial charge in [0.1, 0.15) is 6.61 Å². The van der Waals surface area contributed by atoms with Crippen LogP contribution in [0.25, 0.3) is 0 Å². The minimum atomic E-state index is -0.498. The van der Waals surface area contributed by atoms with Gasteiger partial charge < -0.3 is 0 Å². The van der Waals surface area contributed by atoms with Crippen molar-refractivity contribution in [1.82, 2.24) is 0 Å². The van der Waals surface area contributed by atoms with Gasteiger partial charge in [0.05, 0.1) is 5.56 Å². The average Bonchev–Trinajstić information content (AvgIpc) is 2.19. The summed E-state index contributed by atoms with van der Waals surface area (Å²) in [5.74, 6) is -0.498. The van der Waals surface area contributed by atoms with Crippen LogP contribution in [-0.4, -0.2) is 12.6 Å². The Hall–Kier alpha value is -1.61. The van der Waals surface area contributed by atoms with E-state index in [2.05, 4.69) is 16.4 Å². The molecule has 3 nitrogen and oxygen atoms in total. The second-order valence-corrected chi connectivity index (χ2v) is 2.31. The molecule has 0 heterocycles. The Bertz CT molecular complexity index is 279. The van der Waals surface area contributed by atoms with Crippen LogP contribution in [-0.2, 0) is 9.78 Å². The first-order valence-electron chi connectivity index (χ1n) is 3.84. The molecule has 0 radical (unpaired) electrons. The van der Waals surface area contributed by atoms with Crippen molar-refractivity contribution in [3.05, 3.63) is 48.6 Å². The lowest BCUT2D eigenvalue weighted by Crippen LogP contribution is -2.05. The van der Waals surface area contributed by atoms with Crippen molar-refractivity contribution in [1.29, 1.82) is 0 Å². The third kappa shape index (κ3) is 3.09. The Morgan fingerprint density at radius 2 is 2.08 bits per heavy atom. The summed E-state index contributed by atoms with van der Waals surface area (Å²) in [7, 11) is 0. The van der Waals surface area contributed by atoms with E-state index in [1.807, 2.05) is 6.07 Å². The zero-order chi connectivity index (χ0) is 9.52. The predicted octanol–water partition coefficient (Wildman–Crippen LogP) is 1.96. The molecule has 13 heavy (non-hydrogen) atoms. The van der Waals surface area contributed by atoms with Gasteiger partial charge in [0.25, 0.3) is 0 Å². The normalized spacial score (nSPS) is 9.23. The van der Waals surface area contributed by atoms with Gasteiger partial charge in [0.15, 0.2) is 0 Å². The number of hydrogen-bond donors (Lipinski definition) is 0. The first kappa shape index (κ1) is 9.48. The van der Waals surface area contributed by atoms with Gasteiger partial charge >= 0.3 is 5.97 Å². The summed E-state index contributed by atoms with van der Waals surface area (Å²) in [6.45, 7) is 3.61. The molecule has 68 valence electrons. The number of hydrogen-bond acceptors (Lipinski definition) is 3. The molecule has 0 aliphatic carbocycles. The lowest BCUT2D eigenvalue weighted by Gasteiger charge is -2.00. The molecule has 1 rings (SSSR count). The summed E-state index contributed by atoms with van der Waals surface area (Å²) in [6.07, 6.45) is 1.50. The first-order chi connectivity index (χ1) is 6.34. The second kappa shape index (κ2) is 5.11. The molecule has 0 bridgehead atoms. The van der Waals surface area contributed by atoms with Crippen LogP contribution in [0, 0.1) is 0 Å². The fourth-order valence-electron chi connectivity index (χ4n) is 0.758. The zero-order valence-electron chi connectivity index (χ0n) is 7.10. The minimum absolute atomic E-state index is 0.193. The van der Waals surface area contributed by atoms with Gasteiger partial charge in [0.2, 0.25) is 0 Å². The molecule has 0 saturated carbocycles. The van der Waals surface area contributed by atoms with Gasteiger partial charge in [-0.3, -0.25) is 4.89 Å². The van der Waals surface area contributed by atoms with E-state index in [0.717, 1.165) is 0 Å². The van der Waals surface area contributed by atoms with Crippen LogP contribution in [0.1, 0.15) is 10.4 Å². The van der Waals surface area contributed by atoms with Gasteiger partial charge in [-0.05, 0) is 12.1 Å². The van der Waals surface area contributed by atoms with E-state index in [9.17, 15) is 4.79 Å². The molecule has 0 aromatic heterocycles. The monoisotopic (exact) mass is 178 g/mol. The van der Waals surface area contributed by atoms with Gasteiger partial charge in [-0.2, -0.15) is 4.89 Å². The molecule has 0 aliphatic rings. The van der Waals surface area contributed by atoms with Crippen LogP contribution in [0.5, 0.6) is 0 Å². The maximum Gasteiger partial charge on any atom is 0.373 e. The number of benzene rings is 1. The largest absolute Gasteiger partial charge is 0.373 e. The van der Waals surface area contributed by atoms with Crippen molar-refractivity contribution in [2.75, 3.05) is 6.61 Å². The number of carbonyl (C=O) groups is 1. The highest BCUT2D eigenvalue weighted by molar-refractivity contribution is 5.88. The van der Waals surface area contributed by atoms with Crippen LogP contribution in [0.15, 0.2) is 43.0 Å². The Labute approximate surface area is 76.5 Å². The SMILES string of the molecule is C=CCOOC(=O)c1ccccc1. The standard InChI is InChI=1S/C10H10O3/c1-2-8-12-13-10(11)9-6-4-3-5-7-9/h2-7H,1,8H2. The Balaban J connectivity index is 2.45. The van der Waals surface area contributed by atoms with E-state index < -0.39 is 5.97 Å². The molecule has 1 aromatic carbocycles. The van der Waals surface area contributed by atoms with E-state index in [1.54, 1.807) is 24.3 Å². The summed E-state index contributed by atoms with van der Waals surface area (Å²) >= 11 is 0. The second-order valence-electron chi connectivity index (χ2n) is 2.31. The highest BCUT2D eigenvalue weighted by Crippen LogP contribution is 2.00. The van der Waals surface area contributed by atoms with Crippen molar-refractivity contribution in [3.8, 4) is 0 Å². The molecular weight excluding hydrogens is 168 g/mol. The van der Waals surface area contributed by atoms with Crippen LogP contribution >= 0.6 is 0 Å². The van der Waals surface area contributed by atoms with Crippen molar-refractivity contribution >= 4 is 5.97 Å². The van der Waals surface area contributed by atoms with E-state index in [4.69, 9.17) is 0 Å². The van der Waals surface area contributed by atoms with Crippen molar-refractivity contribution in [3.63, 3.8) is 0 Å². The lowest BCUT2D eigenvalue weighted by molar-refractivity contribution is -0.231. The number of rotatable bonds is 4. The third-order valence-corrected chi connectivity index (χ3v) is 1.33. The Morgan fingerprint density at radius 1 is 1.38 bits per heavy atom. The summed E-state index contributed by atoms with van der Waals surface area (Å²) in [5, 5.41) is 0. The van der Waals surface area contributed by atoms with E-state index in [-0.39, 0.29) is 6.61 Å². The van der Waals surface area contributed by atoms with Crippen LogP contribution < -0.4 is 0 Å². The van der Waals surface area contributed by atoms with Crippen LogP contribution in [0.2, 0.25) is 0 Å². The fourth-order valence-corrected chi connectivity index (χ4v) is 0.758. The summed E-state index contributed by atoms with van der Waals surface area (Å²) < 4.78 is 0. The van der Waals surface area contributed by atoms with Crippen molar-refractivity contribution < 1.29 is 14.6 Å². The molecule has 0 fully saturated rings. The molecule has 0 aliphatic heterocycles. The molecule has 0 spiro atoms. The molecule has 1 aromatic rings. The molecule has 0 atom stereocenters. The van der Waals surface area contributed by atoms with E-state index >= 15 is 0 Å². The molecule has 0 unspecified atom stereocenters. The molecular formula is C10H10O3. The maximum atomic E-state index is 11.1. The molecule has 0 amide bonds. The van der Waals surface area contributed by atoms with Crippen molar-refractivity contribution in [2.24, 2.45) is 0 Å². The predicted molar refractivity (Wildman–Crippen MR) is 48.0 cm³/mol. The van der Waals surface area contributed by atoms with Gasteiger partial charge in [-0.1, -0.05) is 24.3 Å². The van der Waals surface area contributed by atoms with Crippen LogP contribution in [0.4, 0.5) is 0 Å². The maximum absolute atomic E-state index is 11.1. The molecule has 3 heteroatoms. The van der Waals surface area contributed by atoms with E-state index in [1.165, 1.54) is 6.08 Å². The van der Waals surface area contributed by atoms with E-state index in [0.29, 0.717) is 5.56 Å². The van der Waals surface area contributed by atoms with Gasteiger partial charge in [-0.25, -0.2) is 4.79 Å². The summed E-state index contributed by atoms with van der Waals surface area (Å²) in [4.78, 5) is 20.1. The summed E-state index contributed by atoms with van der Waals surface area (Å²) in [5.41, 5.74) is 0.464. The zero-order valence-corrected chi connectivity index (χ0v) is 7.10.